The normalized spacial score (nSPS) is 26.2. The number of halogens is 1. The monoisotopic (exact) mass is 282 g/mol. The summed E-state index contributed by atoms with van der Waals surface area (Å²) in [6.45, 7) is 2.79. The predicted octanol–water partition coefficient (Wildman–Crippen LogP) is 1.04. The van der Waals surface area contributed by atoms with Gasteiger partial charge in [-0.1, -0.05) is 0 Å². The first-order chi connectivity index (χ1) is 9.78. The highest BCUT2D eigenvalue weighted by Gasteiger charge is 2.29. The third kappa shape index (κ3) is 2.69. The van der Waals surface area contributed by atoms with Crippen molar-refractivity contribution < 1.29 is 13.9 Å². The zero-order chi connectivity index (χ0) is 13.9. The van der Waals surface area contributed by atoms with Crippen LogP contribution in [0, 0.1) is 5.82 Å². The maximum absolute atomic E-state index is 13.8. The topological polar surface area (TPSA) is 59.5 Å². The summed E-state index contributed by atoms with van der Waals surface area (Å²) >= 11 is 0. The van der Waals surface area contributed by atoms with Crippen molar-refractivity contribution in [2.24, 2.45) is 0 Å². The van der Waals surface area contributed by atoms with Crippen molar-refractivity contribution in [3.05, 3.63) is 12.0 Å². The number of anilines is 2. The SMILES string of the molecule is CO[C@H]1COC[C@@H]1Nc1ncc(F)c(N2CCCC2)n1. The van der Waals surface area contributed by atoms with E-state index in [1.165, 1.54) is 6.20 Å². The lowest BCUT2D eigenvalue weighted by Crippen LogP contribution is -2.34. The van der Waals surface area contributed by atoms with E-state index >= 15 is 0 Å². The van der Waals surface area contributed by atoms with Crippen molar-refractivity contribution in [2.45, 2.75) is 25.0 Å². The second-order valence-corrected chi connectivity index (χ2v) is 5.12. The number of hydrogen-bond donors (Lipinski definition) is 1. The highest BCUT2D eigenvalue weighted by atomic mass is 19.1. The first-order valence-electron chi connectivity index (χ1n) is 6.92. The van der Waals surface area contributed by atoms with Crippen LogP contribution in [0.25, 0.3) is 0 Å². The Balaban J connectivity index is 1.75. The van der Waals surface area contributed by atoms with E-state index in [4.69, 9.17) is 9.47 Å². The third-order valence-corrected chi connectivity index (χ3v) is 3.78. The number of rotatable bonds is 4. The molecule has 1 aromatic heterocycles. The molecule has 0 radical (unpaired) electrons. The van der Waals surface area contributed by atoms with Crippen molar-refractivity contribution in [1.29, 1.82) is 0 Å². The Morgan fingerprint density at radius 3 is 2.95 bits per heavy atom. The standard InChI is InChI=1S/C13H19FN4O2/c1-19-11-8-20-7-10(11)16-13-15-6-9(14)12(17-13)18-4-2-3-5-18/h6,10-11H,2-5,7-8H2,1H3,(H,15,16,17)/t10-,11-/m0/s1. The molecule has 2 atom stereocenters. The van der Waals surface area contributed by atoms with Gasteiger partial charge >= 0.3 is 0 Å². The maximum Gasteiger partial charge on any atom is 0.225 e. The summed E-state index contributed by atoms with van der Waals surface area (Å²) in [7, 11) is 1.65. The Kier molecular flexibility index (Phi) is 3.98. The van der Waals surface area contributed by atoms with Crippen LogP contribution in [-0.2, 0) is 9.47 Å². The Morgan fingerprint density at radius 1 is 1.40 bits per heavy atom. The van der Waals surface area contributed by atoms with Gasteiger partial charge in [-0.25, -0.2) is 9.37 Å². The molecular formula is C13H19FN4O2. The van der Waals surface area contributed by atoms with E-state index in [-0.39, 0.29) is 18.0 Å². The van der Waals surface area contributed by atoms with Crippen LogP contribution >= 0.6 is 0 Å². The number of aromatic nitrogens is 2. The van der Waals surface area contributed by atoms with Crippen molar-refractivity contribution in [3.63, 3.8) is 0 Å². The second kappa shape index (κ2) is 5.88. The molecule has 3 rings (SSSR count). The van der Waals surface area contributed by atoms with E-state index in [0.29, 0.717) is 25.0 Å². The molecule has 1 N–H and O–H groups in total. The van der Waals surface area contributed by atoms with Gasteiger partial charge in [-0.15, -0.1) is 0 Å². The molecular weight excluding hydrogens is 263 g/mol. The molecule has 3 heterocycles. The van der Waals surface area contributed by atoms with E-state index in [2.05, 4.69) is 15.3 Å². The fourth-order valence-corrected chi connectivity index (χ4v) is 2.65. The molecule has 0 aliphatic carbocycles. The van der Waals surface area contributed by atoms with E-state index in [1.807, 2.05) is 4.90 Å². The summed E-state index contributed by atoms with van der Waals surface area (Å²) in [5, 5.41) is 3.17. The number of nitrogens with one attached hydrogen (secondary N) is 1. The van der Waals surface area contributed by atoms with Gasteiger partial charge in [0.25, 0.3) is 0 Å². The minimum Gasteiger partial charge on any atom is -0.377 e. The van der Waals surface area contributed by atoms with Gasteiger partial charge in [-0.2, -0.15) is 4.98 Å². The summed E-state index contributed by atoms with van der Waals surface area (Å²) in [5.74, 6) is 0.433. The molecule has 110 valence electrons. The Morgan fingerprint density at radius 2 is 2.20 bits per heavy atom. The molecule has 20 heavy (non-hydrogen) atoms. The van der Waals surface area contributed by atoms with Crippen molar-refractivity contribution in [3.8, 4) is 0 Å². The highest BCUT2D eigenvalue weighted by Crippen LogP contribution is 2.22. The molecule has 0 bridgehead atoms. The van der Waals surface area contributed by atoms with Gasteiger partial charge in [0, 0.05) is 20.2 Å². The zero-order valence-electron chi connectivity index (χ0n) is 11.5. The summed E-state index contributed by atoms with van der Waals surface area (Å²) in [4.78, 5) is 10.3. The Bertz CT molecular complexity index is 468. The third-order valence-electron chi connectivity index (χ3n) is 3.78. The van der Waals surface area contributed by atoms with Gasteiger partial charge in [-0.3, -0.25) is 0 Å². The zero-order valence-corrected chi connectivity index (χ0v) is 11.5. The maximum atomic E-state index is 13.8. The van der Waals surface area contributed by atoms with Crippen molar-refractivity contribution in [1.82, 2.24) is 9.97 Å². The molecule has 6 nitrogen and oxygen atoms in total. The van der Waals surface area contributed by atoms with Gasteiger partial charge in [0.2, 0.25) is 5.95 Å². The van der Waals surface area contributed by atoms with Gasteiger partial charge in [0.1, 0.15) is 6.10 Å². The molecule has 2 fully saturated rings. The van der Waals surface area contributed by atoms with Crippen molar-refractivity contribution in [2.75, 3.05) is 43.6 Å². The summed E-state index contributed by atoms with van der Waals surface area (Å²) in [5.41, 5.74) is 0. The first-order valence-corrected chi connectivity index (χ1v) is 6.92. The molecule has 0 amide bonds. The first kappa shape index (κ1) is 13.5. The average Bonchev–Trinajstić information content (AvgIpc) is 3.12. The molecule has 2 aliphatic rings. The lowest BCUT2D eigenvalue weighted by Gasteiger charge is -2.20. The van der Waals surface area contributed by atoms with E-state index in [0.717, 1.165) is 25.9 Å². The fraction of sp³-hybridized carbons (Fsp3) is 0.692. The lowest BCUT2D eigenvalue weighted by atomic mass is 10.2. The number of ether oxygens (including phenoxy) is 2. The van der Waals surface area contributed by atoms with Crippen LogP contribution < -0.4 is 10.2 Å². The van der Waals surface area contributed by atoms with Gasteiger partial charge in [-0.05, 0) is 12.8 Å². The molecule has 7 heteroatoms. The van der Waals surface area contributed by atoms with Crippen LogP contribution in [0.3, 0.4) is 0 Å². The van der Waals surface area contributed by atoms with Gasteiger partial charge < -0.3 is 19.7 Å². The molecule has 0 aromatic carbocycles. The molecule has 0 spiro atoms. The van der Waals surface area contributed by atoms with E-state index in [9.17, 15) is 4.39 Å². The number of nitrogens with zero attached hydrogens (tertiary/aromatic N) is 3. The predicted molar refractivity (Wildman–Crippen MR) is 72.5 cm³/mol. The van der Waals surface area contributed by atoms with E-state index < -0.39 is 0 Å². The summed E-state index contributed by atoms with van der Waals surface area (Å²) in [6, 6.07) is -0.00288. The van der Waals surface area contributed by atoms with Crippen LogP contribution in [0.4, 0.5) is 16.2 Å². The molecule has 1 aromatic rings. The fourth-order valence-electron chi connectivity index (χ4n) is 2.65. The van der Waals surface area contributed by atoms with Gasteiger partial charge in [0.15, 0.2) is 11.6 Å². The quantitative estimate of drug-likeness (QED) is 0.890. The summed E-state index contributed by atoms with van der Waals surface area (Å²) < 4.78 is 24.5. The lowest BCUT2D eigenvalue weighted by molar-refractivity contribution is 0.0794. The number of methoxy groups -OCH3 is 1. The molecule has 2 aliphatic heterocycles. The van der Waals surface area contributed by atoms with Gasteiger partial charge in [0.05, 0.1) is 25.5 Å². The van der Waals surface area contributed by atoms with Crippen LogP contribution in [0.15, 0.2) is 6.20 Å². The van der Waals surface area contributed by atoms with Crippen LogP contribution in [0.1, 0.15) is 12.8 Å². The van der Waals surface area contributed by atoms with Crippen LogP contribution in [-0.4, -0.2) is 55.5 Å². The van der Waals surface area contributed by atoms with Crippen molar-refractivity contribution >= 4 is 11.8 Å². The molecule has 0 unspecified atom stereocenters. The molecule has 2 saturated heterocycles. The highest BCUT2D eigenvalue weighted by molar-refractivity contribution is 5.45. The Hall–Kier alpha value is -1.47. The minimum absolute atomic E-state index is 0.00288. The van der Waals surface area contributed by atoms with E-state index in [1.54, 1.807) is 7.11 Å². The minimum atomic E-state index is -0.372. The van der Waals surface area contributed by atoms with Crippen LogP contribution in [0.5, 0.6) is 0 Å². The summed E-state index contributed by atoms with van der Waals surface area (Å²) in [6.07, 6.45) is 3.35. The van der Waals surface area contributed by atoms with Crippen LogP contribution in [0.2, 0.25) is 0 Å². The average molecular weight is 282 g/mol. The largest absolute Gasteiger partial charge is 0.377 e. The smallest absolute Gasteiger partial charge is 0.225 e. The number of hydrogen-bond acceptors (Lipinski definition) is 6. The Labute approximate surface area is 117 Å². The molecule has 0 saturated carbocycles. The second-order valence-electron chi connectivity index (χ2n) is 5.12.